The Kier molecular flexibility index (Phi) is 4.05. The normalized spacial score (nSPS) is 22.4. The Morgan fingerprint density at radius 1 is 1.24 bits per heavy atom. The summed E-state index contributed by atoms with van der Waals surface area (Å²) in [5.74, 6) is -1.08. The number of benzene rings is 1. The Labute approximate surface area is 124 Å². The zero-order valence-corrected chi connectivity index (χ0v) is 12.9. The predicted octanol–water partition coefficient (Wildman–Crippen LogP) is 2.54. The first-order valence-corrected chi connectivity index (χ1v) is 8.65. The van der Waals surface area contributed by atoms with Gasteiger partial charge in [0, 0.05) is 17.2 Å². The molecular weight excluding hydrogens is 288 g/mol. The molecule has 0 fully saturated rings. The van der Waals surface area contributed by atoms with E-state index in [1.807, 2.05) is 37.3 Å². The number of aliphatic carboxylic acids is 1. The monoisotopic (exact) mass is 306 g/mol. The van der Waals surface area contributed by atoms with Crippen molar-refractivity contribution in [2.75, 3.05) is 12.0 Å². The Morgan fingerprint density at radius 2 is 1.86 bits per heavy atom. The van der Waals surface area contributed by atoms with Gasteiger partial charge in [-0.25, -0.2) is 13.2 Å². The van der Waals surface area contributed by atoms with Crippen LogP contribution in [0.4, 0.5) is 0 Å². The van der Waals surface area contributed by atoms with Crippen LogP contribution in [0.2, 0.25) is 0 Å². The van der Waals surface area contributed by atoms with Crippen LogP contribution in [-0.2, 0) is 14.6 Å². The molecule has 0 radical (unpaired) electrons. The van der Waals surface area contributed by atoms with Crippen molar-refractivity contribution in [3.63, 3.8) is 0 Å². The smallest absolute Gasteiger partial charge is 0.331 e. The molecule has 1 N–H and O–H groups in total. The molecule has 0 saturated heterocycles. The van der Waals surface area contributed by atoms with Gasteiger partial charge >= 0.3 is 5.97 Å². The Hall–Kier alpha value is -1.88. The van der Waals surface area contributed by atoms with E-state index in [1.165, 1.54) is 6.26 Å². The Morgan fingerprint density at radius 3 is 2.38 bits per heavy atom. The van der Waals surface area contributed by atoms with Gasteiger partial charge in [-0.1, -0.05) is 49.4 Å². The molecule has 1 unspecified atom stereocenters. The predicted molar refractivity (Wildman–Crippen MR) is 82.6 cm³/mol. The molecule has 5 heteroatoms. The molecule has 112 valence electrons. The molecule has 0 saturated carbocycles. The van der Waals surface area contributed by atoms with E-state index in [0.29, 0.717) is 0 Å². The minimum atomic E-state index is -3.23. The molecule has 0 spiro atoms. The van der Waals surface area contributed by atoms with Gasteiger partial charge in [-0.3, -0.25) is 0 Å². The van der Waals surface area contributed by atoms with Crippen LogP contribution in [0.25, 0.3) is 5.57 Å². The second-order valence-corrected chi connectivity index (χ2v) is 7.89. The first-order valence-electron chi connectivity index (χ1n) is 6.59. The summed E-state index contributed by atoms with van der Waals surface area (Å²) < 4.78 is 23.5. The summed E-state index contributed by atoms with van der Waals surface area (Å²) in [5.41, 5.74) is 1.28. The number of carboxylic acid groups (broad SMARTS) is 1. The van der Waals surface area contributed by atoms with Gasteiger partial charge in [0.2, 0.25) is 0 Å². The summed E-state index contributed by atoms with van der Waals surface area (Å²) in [6.07, 6.45) is 4.68. The van der Waals surface area contributed by atoms with Crippen LogP contribution in [0.15, 0.2) is 48.1 Å². The Bertz CT molecular complexity index is 714. The standard InChI is InChI=1S/C16H18O4S/c1-16(11-21(2,19)20)10-13(15(17)18)8-9-14(16)12-6-4-3-5-7-12/h3-9H,10-11H2,1-2H3,(H,17,18). The number of sulfone groups is 1. The fourth-order valence-corrected chi connectivity index (χ4v) is 4.29. The fourth-order valence-electron chi connectivity index (χ4n) is 2.88. The Balaban J connectivity index is 2.53. The molecule has 0 heterocycles. The maximum Gasteiger partial charge on any atom is 0.331 e. The first kappa shape index (κ1) is 15.5. The molecule has 0 amide bonds. The lowest BCUT2D eigenvalue weighted by Gasteiger charge is -2.34. The highest BCUT2D eigenvalue weighted by molar-refractivity contribution is 7.90. The van der Waals surface area contributed by atoms with E-state index in [4.69, 9.17) is 0 Å². The number of hydrogen-bond acceptors (Lipinski definition) is 3. The maximum atomic E-state index is 11.8. The van der Waals surface area contributed by atoms with Crippen LogP contribution in [0, 0.1) is 5.41 Å². The molecule has 21 heavy (non-hydrogen) atoms. The third-order valence-corrected chi connectivity index (χ3v) is 4.78. The van der Waals surface area contributed by atoms with Gasteiger partial charge in [0.15, 0.2) is 0 Å². The zero-order chi connectivity index (χ0) is 15.7. The lowest BCUT2D eigenvalue weighted by Crippen LogP contribution is -2.31. The van der Waals surface area contributed by atoms with Gasteiger partial charge in [0.1, 0.15) is 9.84 Å². The van der Waals surface area contributed by atoms with Crippen LogP contribution in [0.1, 0.15) is 18.9 Å². The highest BCUT2D eigenvalue weighted by Crippen LogP contribution is 2.44. The fraction of sp³-hybridized carbons (Fsp3) is 0.312. The van der Waals surface area contributed by atoms with Gasteiger partial charge in [0.05, 0.1) is 5.75 Å². The van der Waals surface area contributed by atoms with Crippen molar-refractivity contribution in [2.24, 2.45) is 5.41 Å². The molecule has 1 aliphatic carbocycles. The van der Waals surface area contributed by atoms with Crippen LogP contribution in [-0.4, -0.2) is 31.5 Å². The van der Waals surface area contributed by atoms with Gasteiger partial charge in [-0.05, 0) is 17.6 Å². The van der Waals surface area contributed by atoms with Crippen LogP contribution in [0.5, 0.6) is 0 Å². The van der Waals surface area contributed by atoms with Crippen molar-refractivity contribution in [1.82, 2.24) is 0 Å². The molecule has 1 atom stereocenters. The van der Waals surface area contributed by atoms with Crippen molar-refractivity contribution in [1.29, 1.82) is 0 Å². The molecule has 4 nitrogen and oxygen atoms in total. The summed E-state index contributed by atoms with van der Waals surface area (Å²) in [7, 11) is -3.23. The number of allylic oxidation sites excluding steroid dienone is 3. The van der Waals surface area contributed by atoms with E-state index in [-0.39, 0.29) is 17.7 Å². The van der Waals surface area contributed by atoms with Crippen molar-refractivity contribution < 1.29 is 18.3 Å². The molecule has 0 aromatic heterocycles. The zero-order valence-electron chi connectivity index (χ0n) is 12.0. The number of carbonyl (C=O) groups is 1. The highest BCUT2D eigenvalue weighted by Gasteiger charge is 2.37. The van der Waals surface area contributed by atoms with E-state index in [2.05, 4.69) is 0 Å². The van der Waals surface area contributed by atoms with Crippen LogP contribution < -0.4 is 0 Å². The van der Waals surface area contributed by atoms with E-state index in [0.717, 1.165) is 11.1 Å². The first-order chi connectivity index (χ1) is 9.71. The summed E-state index contributed by atoms with van der Waals surface area (Å²) in [6, 6.07) is 9.47. The summed E-state index contributed by atoms with van der Waals surface area (Å²) in [5, 5.41) is 9.18. The van der Waals surface area contributed by atoms with E-state index < -0.39 is 21.2 Å². The summed E-state index contributed by atoms with van der Waals surface area (Å²) in [6.45, 7) is 1.81. The maximum absolute atomic E-state index is 11.8. The summed E-state index contributed by atoms with van der Waals surface area (Å²) in [4.78, 5) is 11.2. The van der Waals surface area contributed by atoms with Gasteiger partial charge < -0.3 is 5.11 Å². The number of rotatable bonds is 4. The average Bonchev–Trinajstić information content (AvgIpc) is 2.36. The summed E-state index contributed by atoms with van der Waals surface area (Å²) >= 11 is 0. The van der Waals surface area contributed by atoms with Crippen molar-refractivity contribution in [3.05, 3.63) is 53.6 Å². The van der Waals surface area contributed by atoms with E-state index in [1.54, 1.807) is 12.2 Å². The van der Waals surface area contributed by atoms with Crippen LogP contribution in [0.3, 0.4) is 0 Å². The SMILES string of the molecule is CC1(CS(C)(=O)=O)CC(C(=O)O)=CC=C1c1ccccc1. The average molecular weight is 306 g/mol. The number of hydrogen-bond donors (Lipinski definition) is 1. The quantitative estimate of drug-likeness (QED) is 0.928. The second kappa shape index (κ2) is 5.48. The second-order valence-electron chi connectivity index (χ2n) is 5.75. The van der Waals surface area contributed by atoms with Crippen molar-refractivity contribution >= 4 is 21.4 Å². The van der Waals surface area contributed by atoms with Gasteiger partial charge in [0.25, 0.3) is 0 Å². The molecule has 0 bridgehead atoms. The lowest BCUT2D eigenvalue weighted by atomic mass is 9.72. The van der Waals surface area contributed by atoms with E-state index >= 15 is 0 Å². The molecule has 1 aromatic rings. The van der Waals surface area contributed by atoms with E-state index in [9.17, 15) is 18.3 Å². The third kappa shape index (κ3) is 3.61. The highest BCUT2D eigenvalue weighted by atomic mass is 32.2. The van der Waals surface area contributed by atoms with Gasteiger partial charge in [-0.2, -0.15) is 0 Å². The number of carboxylic acids is 1. The third-order valence-electron chi connectivity index (χ3n) is 3.62. The van der Waals surface area contributed by atoms with Gasteiger partial charge in [-0.15, -0.1) is 0 Å². The van der Waals surface area contributed by atoms with Crippen molar-refractivity contribution in [3.8, 4) is 0 Å². The molecule has 1 aliphatic rings. The lowest BCUT2D eigenvalue weighted by molar-refractivity contribution is -0.133. The minimum absolute atomic E-state index is 0.0780. The molecular formula is C16H18O4S. The molecule has 0 aliphatic heterocycles. The topological polar surface area (TPSA) is 71.4 Å². The largest absolute Gasteiger partial charge is 0.478 e. The molecule has 1 aromatic carbocycles. The minimum Gasteiger partial charge on any atom is -0.478 e. The molecule has 2 rings (SSSR count). The van der Waals surface area contributed by atoms with Crippen molar-refractivity contribution in [2.45, 2.75) is 13.3 Å². The van der Waals surface area contributed by atoms with Crippen LogP contribution >= 0.6 is 0 Å².